The predicted octanol–water partition coefficient (Wildman–Crippen LogP) is 0.817. The summed E-state index contributed by atoms with van der Waals surface area (Å²) in [5.74, 6) is -1.96. The molecule has 7 heteroatoms. The molecule has 0 aromatic heterocycles. The second-order valence-electron chi connectivity index (χ2n) is 6.17. The van der Waals surface area contributed by atoms with Gasteiger partial charge in [-0.1, -0.05) is 13.3 Å². The highest BCUT2D eigenvalue weighted by Crippen LogP contribution is 2.38. The normalized spacial score (nSPS) is 34.7. The predicted molar refractivity (Wildman–Crippen MR) is 77.4 cm³/mol. The van der Waals surface area contributed by atoms with Gasteiger partial charge in [0, 0.05) is 6.54 Å². The van der Waals surface area contributed by atoms with Crippen LogP contribution in [0.4, 0.5) is 0 Å². The number of rotatable bonds is 5. The number of carbonyl (C=O) groups excluding carboxylic acids is 1. The first-order valence-electron chi connectivity index (χ1n) is 7.57. The Balaban J connectivity index is 1.94. The molecule has 6 nitrogen and oxygen atoms in total. The standard InChI is InChI=1S/C14H23NO5S/c1-2-9-6-11(12(7-9)14(17)18)13(16)15-8-10-4-3-5-21(10,19)20/h9-12H,2-8H2,1H3,(H,15,16)(H,17,18)/t9?,10?,11-,12+/m0/s1. The molecule has 0 aromatic rings. The van der Waals surface area contributed by atoms with Crippen LogP contribution in [0.5, 0.6) is 0 Å². The van der Waals surface area contributed by atoms with Gasteiger partial charge in [0.2, 0.25) is 5.91 Å². The van der Waals surface area contributed by atoms with Crippen molar-refractivity contribution in [2.45, 2.75) is 44.3 Å². The van der Waals surface area contributed by atoms with Crippen LogP contribution in [0.15, 0.2) is 0 Å². The van der Waals surface area contributed by atoms with E-state index in [9.17, 15) is 23.1 Å². The molecule has 1 aliphatic carbocycles. The molecule has 2 N–H and O–H groups in total. The third-order valence-corrected chi connectivity index (χ3v) is 7.13. The van der Waals surface area contributed by atoms with E-state index >= 15 is 0 Å². The number of carbonyl (C=O) groups is 2. The van der Waals surface area contributed by atoms with Gasteiger partial charge < -0.3 is 10.4 Å². The molecule has 1 saturated heterocycles. The summed E-state index contributed by atoms with van der Waals surface area (Å²) in [4.78, 5) is 23.5. The Morgan fingerprint density at radius 3 is 2.43 bits per heavy atom. The summed E-state index contributed by atoms with van der Waals surface area (Å²) in [6, 6.07) is 0. The van der Waals surface area contributed by atoms with E-state index in [1.54, 1.807) is 0 Å². The average molecular weight is 317 g/mol. The minimum Gasteiger partial charge on any atom is -0.481 e. The van der Waals surface area contributed by atoms with E-state index < -0.39 is 32.9 Å². The molecule has 120 valence electrons. The summed E-state index contributed by atoms with van der Waals surface area (Å²) >= 11 is 0. The number of hydrogen-bond donors (Lipinski definition) is 2. The molecule has 1 heterocycles. The minimum absolute atomic E-state index is 0.112. The molecule has 2 unspecified atom stereocenters. The lowest BCUT2D eigenvalue weighted by Crippen LogP contribution is -2.40. The fourth-order valence-electron chi connectivity index (χ4n) is 3.47. The monoisotopic (exact) mass is 317 g/mol. The lowest BCUT2D eigenvalue weighted by molar-refractivity contribution is -0.146. The topological polar surface area (TPSA) is 101 Å². The van der Waals surface area contributed by atoms with Crippen LogP contribution in [0.3, 0.4) is 0 Å². The molecular weight excluding hydrogens is 294 g/mol. The number of amides is 1. The van der Waals surface area contributed by atoms with Crippen LogP contribution in [-0.4, -0.2) is 42.9 Å². The van der Waals surface area contributed by atoms with Gasteiger partial charge >= 0.3 is 5.97 Å². The fourth-order valence-corrected chi connectivity index (χ4v) is 5.24. The zero-order valence-electron chi connectivity index (χ0n) is 12.2. The van der Waals surface area contributed by atoms with E-state index in [4.69, 9.17) is 0 Å². The molecule has 2 aliphatic rings. The van der Waals surface area contributed by atoms with E-state index in [2.05, 4.69) is 5.32 Å². The first-order chi connectivity index (χ1) is 9.85. The Morgan fingerprint density at radius 2 is 1.90 bits per heavy atom. The smallest absolute Gasteiger partial charge is 0.307 e. The van der Waals surface area contributed by atoms with Gasteiger partial charge in [-0.3, -0.25) is 9.59 Å². The summed E-state index contributed by atoms with van der Waals surface area (Å²) in [5.41, 5.74) is 0. The van der Waals surface area contributed by atoms with Crippen LogP contribution in [0, 0.1) is 17.8 Å². The summed E-state index contributed by atoms with van der Waals surface area (Å²) in [5, 5.41) is 11.4. The van der Waals surface area contributed by atoms with Gasteiger partial charge in [0.25, 0.3) is 0 Å². The van der Waals surface area contributed by atoms with Gasteiger partial charge in [-0.2, -0.15) is 0 Å². The van der Waals surface area contributed by atoms with E-state index in [0.29, 0.717) is 25.7 Å². The highest BCUT2D eigenvalue weighted by atomic mass is 32.2. The van der Waals surface area contributed by atoms with Crippen LogP contribution >= 0.6 is 0 Å². The van der Waals surface area contributed by atoms with Crippen molar-refractivity contribution in [3.63, 3.8) is 0 Å². The molecule has 1 aliphatic heterocycles. The van der Waals surface area contributed by atoms with Gasteiger partial charge in [-0.15, -0.1) is 0 Å². The van der Waals surface area contributed by atoms with Crippen LogP contribution < -0.4 is 5.32 Å². The third kappa shape index (κ3) is 3.56. The number of nitrogens with one attached hydrogen (secondary N) is 1. The molecular formula is C14H23NO5S. The Labute approximate surface area is 125 Å². The van der Waals surface area contributed by atoms with Crippen molar-refractivity contribution in [3.05, 3.63) is 0 Å². The van der Waals surface area contributed by atoms with Crippen molar-refractivity contribution in [3.8, 4) is 0 Å². The van der Waals surface area contributed by atoms with Gasteiger partial charge in [-0.25, -0.2) is 8.42 Å². The van der Waals surface area contributed by atoms with E-state index in [-0.39, 0.29) is 24.1 Å². The SMILES string of the molecule is CCC1C[C@H](C(=O)NCC2CCCS2(=O)=O)[C@H](C(=O)O)C1. The van der Waals surface area contributed by atoms with Crippen molar-refractivity contribution < 1.29 is 23.1 Å². The second kappa shape index (κ2) is 6.34. The zero-order chi connectivity index (χ0) is 15.6. The van der Waals surface area contributed by atoms with Crippen molar-refractivity contribution >= 4 is 21.7 Å². The van der Waals surface area contributed by atoms with Crippen molar-refractivity contribution in [2.75, 3.05) is 12.3 Å². The maximum Gasteiger partial charge on any atom is 0.307 e. The quantitative estimate of drug-likeness (QED) is 0.782. The number of sulfone groups is 1. The summed E-state index contributed by atoms with van der Waals surface area (Å²) < 4.78 is 23.4. The zero-order valence-corrected chi connectivity index (χ0v) is 13.1. The molecule has 1 amide bonds. The molecule has 2 rings (SSSR count). The Bertz CT molecular complexity index is 515. The van der Waals surface area contributed by atoms with Crippen LogP contribution in [0.25, 0.3) is 0 Å². The van der Waals surface area contributed by atoms with Crippen molar-refractivity contribution in [2.24, 2.45) is 17.8 Å². The van der Waals surface area contributed by atoms with E-state index in [0.717, 1.165) is 6.42 Å². The number of hydrogen-bond acceptors (Lipinski definition) is 4. The number of carboxylic acids is 1. The second-order valence-corrected chi connectivity index (χ2v) is 8.57. The molecule has 21 heavy (non-hydrogen) atoms. The Kier molecular flexibility index (Phi) is 4.91. The van der Waals surface area contributed by atoms with Crippen molar-refractivity contribution in [1.29, 1.82) is 0 Å². The minimum atomic E-state index is -3.08. The number of aliphatic carboxylic acids is 1. The highest BCUT2D eigenvalue weighted by molar-refractivity contribution is 7.92. The molecule has 1 saturated carbocycles. The Hall–Kier alpha value is -1.11. The number of carboxylic acid groups (broad SMARTS) is 1. The average Bonchev–Trinajstić information content (AvgIpc) is 2.99. The largest absolute Gasteiger partial charge is 0.481 e. The van der Waals surface area contributed by atoms with E-state index in [1.807, 2.05) is 6.92 Å². The highest BCUT2D eigenvalue weighted by Gasteiger charge is 2.42. The lowest BCUT2D eigenvalue weighted by atomic mass is 9.95. The fraction of sp³-hybridized carbons (Fsp3) is 0.857. The summed E-state index contributed by atoms with van der Waals surface area (Å²) in [6.07, 6.45) is 3.20. The lowest BCUT2D eigenvalue weighted by Gasteiger charge is -2.17. The first kappa shape index (κ1) is 16.3. The van der Waals surface area contributed by atoms with Crippen LogP contribution in [0.1, 0.15) is 39.0 Å². The van der Waals surface area contributed by atoms with E-state index in [1.165, 1.54) is 0 Å². The Morgan fingerprint density at radius 1 is 1.24 bits per heavy atom. The van der Waals surface area contributed by atoms with Gasteiger partial charge in [0.15, 0.2) is 9.84 Å². The maximum absolute atomic E-state index is 12.2. The van der Waals surface area contributed by atoms with Crippen molar-refractivity contribution in [1.82, 2.24) is 5.32 Å². The molecule has 0 spiro atoms. The summed E-state index contributed by atoms with van der Waals surface area (Å²) in [7, 11) is -3.08. The maximum atomic E-state index is 12.2. The molecule has 0 aromatic carbocycles. The van der Waals surface area contributed by atoms with Gasteiger partial charge in [0.1, 0.15) is 0 Å². The van der Waals surface area contributed by atoms with Gasteiger partial charge in [-0.05, 0) is 31.6 Å². The third-order valence-electron chi connectivity index (χ3n) is 4.86. The molecule has 4 atom stereocenters. The van der Waals surface area contributed by atoms with Crippen LogP contribution in [-0.2, 0) is 19.4 Å². The van der Waals surface area contributed by atoms with Crippen LogP contribution in [0.2, 0.25) is 0 Å². The molecule has 0 bridgehead atoms. The van der Waals surface area contributed by atoms with Gasteiger partial charge in [0.05, 0.1) is 22.8 Å². The molecule has 0 radical (unpaired) electrons. The summed E-state index contributed by atoms with van der Waals surface area (Å²) in [6.45, 7) is 2.11. The first-order valence-corrected chi connectivity index (χ1v) is 9.28. The molecule has 2 fully saturated rings.